The Kier molecular flexibility index (Phi) is 3.69. The van der Waals surface area contributed by atoms with Gasteiger partial charge in [0.1, 0.15) is 0 Å². The molecule has 6 nitrogen and oxygen atoms in total. The predicted octanol–water partition coefficient (Wildman–Crippen LogP) is 0.684. The molecule has 1 aliphatic rings. The van der Waals surface area contributed by atoms with Crippen LogP contribution < -0.4 is 10.1 Å². The Morgan fingerprint density at radius 3 is 2.63 bits per heavy atom. The van der Waals surface area contributed by atoms with E-state index in [0.29, 0.717) is 5.56 Å². The molecule has 2 amide bonds. The summed E-state index contributed by atoms with van der Waals surface area (Å²) in [5, 5.41) is 2.54. The van der Waals surface area contributed by atoms with Crippen molar-refractivity contribution in [2.75, 3.05) is 21.1 Å². The summed E-state index contributed by atoms with van der Waals surface area (Å²) in [6.45, 7) is 0. The van der Waals surface area contributed by atoms with Crippen molar-refractivity contribution >= 4 is 11.8 Å². The monoisotopic (exact) mass is 263 g/mol. The fourth-order valence-electron chi connectivity index (χ4n) is 1.60. The largest absolute Gasteiger partial charge is 0.487 e. The van der Waals surface area contributed by atoms with Crippen LogP contribution in [0.15, 0.2) is 12.3 Å². The Hall–Kier alpha value is -2.11. The topological polar surface area (TPSA) is 71.5 Å². The lowest BCUT2D eigenvalue weighted by Crippen LogP contribution is -2.26. The van der Waals surface area contributed by atoms with E-state index in [1.54, 1.807) is 20.2 Å². The molecule has 1 N–H and O–H groups in total. The van der Waals surface area contributed by atoms with E-state index in [0.717, 1.165) is 12.8 Å². The third-order valence-corrected chi connectivity index (χ3v) is 2.79. The lowest BCUT2D eigenvalue weighted by Gasteiger charge is -2.16. The van der Waals surface area contributed by atoms with Gasteiger partial charge in [0.15, 0.2) is 11.4 Å². The normalized spacial score (nSPS) is 13.8. The van der Waals surface area contributed by atoms with E-state index in [1.165, 1.54) is 18.1 Å². The molecule has 0 saturated heterocycles. The molecule has 1 saturated carbocycles. The molecule has 0 atom stereocenters. The van der Waals surface area contributed by atoms with Crippen molar-refractivity contribution in [1.82, 2.24) is 15.2 Å². The zero-order chi connectivity index (χ0) is 14.0. The van der Waals surface area contributed by atoms with Gasteiger partial charge in [-0.3, -0.25) is 9.59 Å². The average molecular weight is 263 g/mol. The number of rotatable bonds is 4. The van der Waals surface area contributed by atoms with Gasteiger partial charge >= 0.3 is 0 Å². The Bertz CT molecular complexity index is 510. The predicted molar refractivity (Wildman–Crippen MR) is 69.3 cm³/mol. The van der Waals surface area contributed by atoms with Crippen LogP contribution in [0.2, 0.25) is 0 Å². The minimum atomic E-state index is -0.286. The molecule has 1 heterocycles. The second-order valence-corrected chi connectivity index (χ2v) is 4.63. The van der Waals surface area contributed by atoms with E-state index < -0.39 is 0 Å². The summed E-state index contributed by atoms with van der Waals surface area (Å²) in [5.74, 6) is -0.282. The third kappa shape index (κ3) is 2.83. The van der Waals surface area contributed by atoms with Crippen molar-refractivity contribution in [1.29, 1.82) is 0 Å². The number of hydrogen-bond donors (Lipinski definition) is 1. The van der Waals surface area contributed by atoms with Gasteiger partial charge in [-0.05, 0) is 18.9 Å². The zero-order valence-corrected chi connectivity index (χ0v) is 11.3. The van der Waals surface area contributed by atoms with E-state index in [1.807, 2.05) is 0 Å². The maximum absolute atomic E-state index is 12.1. The van der Waals surface area contributed by atoms with Crippen molar-refractivity contribution in [3.8, 4) is 5.75 Å². The van der Waals surface area contributed by atoms with Crippen molar-refractivity contribution in [3.05, 3.63) is 23.5 Å². The number of hydrogen-bond acceptors (Lipinski definition) is 4. The lowest BCUT2D eigenvalue weighted by molar-refractivity contribution is 0.0816. The molecule has 2 rings (SSSR count). The number of aromatic nitrogens is 1. The van der Waals surface area contributed by atoms with Gasteiger partial charge in [0, 0.05) is 27.3 Å². The maximum Gasteiger partial charge on any atom is 0.275 e. The molecule has 0 radical (unpaired) electrons. The van der Waals surface area contributed by atoms with Crippen LogP contribution in [0.3, 0.4) is 0 Å². The molecule has 1 aliphatic carbocycles. The van der Waals surface area contributed by atoms with Crippen LogP contribution in [-0.4, -0.2) is 48.9 Å². The smallest absolute Gasteiger partial charge is 0.275 e. The van der Waals surface area contributed by atoms with E-state index >= 15 is 0 Å². The summed E-state index contributed by atoms with van der Waals surface area (Å²) in [6, 6.07) is 1.56. The van der Waals surface area contributed by atoms with Crippen LogP contribution in [-0.2, 0) is 0 Å². The minimum absolute atomic E-state index is 0.0846. The first-order valence-corrected chi connectivity index (χ1v) is 6.14. The maximum atomic E-state index is 12.1. The second-order valence-electron chi connectivity index (χ2n) is 4.63. The Labute approximate surface area is 111 Å². The van der Waals surface area contributed by atoms with Gasteiger partial charge < -0.3 is 15.0 Å². The van der Waals surface area contributed by atoms with E-state index in [4.69, 9.17) is 4.74 Å². The zero-order valence-electron chi connectivity index (χ0n) is 11.3. The van der Waals surface area contributed by atoms with Gasteiger partial charge in [0.2, 0.25) is 0 Å². The van der Waals surface area contributed by atoms with Crippen LogP contribution in [0.25, 0.3) is 0 Å². The van der Waals surface area contributed by atoms with Gasteiger partial charge in [-0.25, -0.2) is 4.98 Å². The van der Waals surface area contributed by atoms with Crippen LogP contribution in [0.4, 0.5) is 0 Å². The molecule has 0 aromatic carbocycles. The lowest BCUT2D eigenvalue weighted by atomic mass is 10.1. The van der Waals surface area contributed by atoms with E-state index in [-0.39, 0.29) is 29.4 Å². The summed E-state index contributed by atoms with van der Waals surface area (Å²) >= 11 is 0. The highest BCUT2D eigenvalue weighted by atomic mass is 16.5. The third-order valence-electron chi connectivity index (χ3n) is 2.79. The molecule has 0 spiro atoms. The molecule has 0 aliphatic heterocycles. The number of carbonyl (C=O) groups is 2. The highest BCUT2D eigenvalue weighted by molar-refractivity contribution is 6.02. The average Bonchev–Trinajstić information content (AvgIpc) is 3.21. The summed E-state index contributed by atoms with van der Waals surface area (Å²) in [7, 11) is 4.81. The Morgan fingerprint density at radius 1 is 1.42 bits per heavy atom. The van der Waals surface area contributed by atoms with Crippen LogP contribution in [0, 0.1) is 0 Å². The molecule has 0 unspecified atom stereocenters. The number of nitrogens with zero attached hydrogens (tertiary/aromatic N) is 2. The van der Waals surface area contributed by atoms with Crippen molar-refractivity contribution in [2.24, 2.45) is 0 Å². The van der Waals surface area contributed by atoms with Crippen molar-refractivity contribution < 1.29 is 14.3 Å². The van der Waals surface area contributed by atoms with Crippen LogP contribution in [0.1, 0.15) is 33.7 Å². The van der Waals surface area contributed by atoms with Gasteiger partial charge in [0.25, 0.3) is 11.8 Å². The number of amides is 2. The summed E-state index contributed by atoms with van der Waals surface area (Å²) in [6.07, 6.45) is 3.41. The molecule has 1 fully saturated rings. The molecule has 1 aromatic rings. The Morgan fingerprint density at radius 2 is 2.11 bits per heavy atom. The molecule has 1 aromatic heterocycles. The number of nitrogens with one attached hydrogen (secondary N) is 1. The van der Waals surface area contributed by atoms with Gasteiger partial charge in [0.05, 0.1) is 11.7 Å². The number of pyridine rings is 1. The fraction of sp³-hybridized carbons (Fsp3) is 0.462. The first-order valence-electron chi connectivity index (χ1n) is 6.14. The highest BCUT2D eigenvalue weighted by Gasteiger charge is 2.30. The molecule has 19 heavy (non-hydrogen) atoms. The van der Waals surface area contributed by atoms with Crippen molar-refractivity contribution in [2.45, 2.75) is 18.9 Å². The molecule has 0 bridgehead atoms. The molecular weight excluding hydrogens is 246 g/mol. The van der Waals surface area contributed by atoms with Crippen LogP contribution in [0.5, 0.6) is 5.75 Å². The first-order chi connectivity index (χ1) is 9.04. The first kappa shape index (κ1) is 13.3. The minimum Gasteiger partial charge on any atom is -0.487 e. The molecule has 102 valence electrons. The van der Waals surface area contributed by atoms with Gasteiger partial charge in [-0.15, -0.1) is 0 Å². The van der Waals surface area contributed by atoms with Gasteiger partial charge in [-0.2, -0.15) is 0 Å². The van der Waals surface area contributed by atoms with E-state index in [2.05, 4.69) is 10.3 Å². The SMILES string of the molecule is CNC(=O)c1ccnc(C(=O)N(C)C)c1OC1CC1. The quantitative estimate of drug-likeness (QED) is 0.867. The Balaban J connectivity index is 2.45. The molecular formula is C13H17N3O3. The standard InChI is InChI=1S/C13H17N3O3/c1-14-12(17)9-6-7-15-10(13(18)16(2)3)11(9)19-8-4-5-8/h6-8H,4-5H2,1-3H3,(H,14,17). The highest BCUT2D eigenvalue weighted by Crippen LogP contribution is 2.31. The fourth-order valence-corrected chi connectivity index (χ4v) is 1.60. The van der Waals surface area contributed by atoms with E-state index in [9.17, 15) is 9.59 Å². The van der Waals surface area contributed by atoms with Crippen molar-refractivity contribution in [3.63, 3.8) is 0 Å². The number of ether oxygens (including phenoxy) is 1. The summed E-state index contributed by atoms with van der Waals surface area (Å²) < 4.78 is 5.71. The number of carbonyl (C=O) groups excluding carboxylic acids is 2. The molecule has 6 heteroatoms. The van der Waals surface area contributed by atoms with Gasteiger partial charge in [-0.1, -0.05) is 0 Å². The summed E-state index contributed by atoms with van der Waals surface area (Å²) in [5.41, 5.74) is 0.521. The summed E-state index contributed by atoms with van der Waals surface area (Å²) in [4.78, 5) is 29.4. The van der Waals surface area contributed by atoms with Crippen LogP contribution >= 0.6 is 0 Å². The second kappa shape index (κ2) is 5.26.